The molecule has 0 aliphatic carbocycles. The molecule has 128 valence electrons. The summed E-state index contributed by atoms with van der Waals surface area (Å²) in [6.07, 6.45) is 3.42. The van der Waals surface area contributed by atoms with Crippen LogP contribution in [0.25, 0.3) is 0 Å². The van der Waals surface area contributed by atoms with E-state index in [2.05, 4.69) is 10.4 Å². The second-order valence-electron chi connectivity index (χ2n) is 5.10. The number of amides is 1. The van der Waals surface area contributed by atoms with Crippen LogP contribution in [0.4, 0.5) is 11.4 Å². The van der Waals surface area contributed by atoms with Crippen LogP contribution in [0.15, 0.2) is 53.2 Å². The van der Waals surface area contributed by atoms with E-state index < -0.39 is 10.8 Å². The minimum atomic E-state index is -0.562. The van der Waals surface area contributed by atoms with Crippen LogP contribution in [-0.2, 0) is 6.54 Å². The van der Waals surface area contributed by atoms with Gasteiger partial charge in [0.25, 0.3) is 11.6 Å². The van der Waals surface area contributed by atoms with Crippen LogP contribution in [0.3, 0.4) is 0 Å². The van der Waals surface area contributed by atoms with Gasteiger partial charge in [-0.05, 0) is 18.2 Å². The van der Waals surface area contributed by atoms with Crippen LogP contribution in [0.5, 0.6) is 5.75 Å². The van der Waals surface area contributed by atoms with Crippen molar-refractivity contribution < 1.29 is 18.9 Å². The molecule has 0 bridgehead atoms. The van der Waals surface area contributed by atoms with E-state index in [9.17, 15) is 14.9 Å². The lowest BCUT2D eigenvalue weighted by molar-refractivity contribution is -0.384. The van der Waals surface area contributed by atoms with E-state index in [4.69, 9.17) is 9.15 Å². The predicted molar refractivity (Wildman–Crippen MR) is 87.6 cm³/mol. The lowest BCUT2D eigenvalue weighted by Crippen LogP contribution is -2.11. The van der Waals surface area contributed by atoms with Crippen molar-refractivity contribution in [1.82, 2.24) is 9.78 Å². The topological polar surface area (TPSA) is 112 Å². The number of nitro benzene ring substituents is 1. The third kappa shape index (κ3) is 3.83. The first-order chi connectivity index (χ1) is 12.0. The van der Waals surface area contributed by atoms with Crippen molar-refractivity contribution in [1.29, 1.82) is 0 Å². The molecule has 0 unspecified atom stereocenters. The highest BCUT2D eigenvalue weighted by Gasteiger charge is 2.15. The molecule has 1 N–H and O–H groups in total. The number of aromatic nitrogens is 2. The molecule has 9 heteroatoms. The van der Waals surface area contributed by atoms with E-state index in [1.165, 1.54) is 31.4 Å². The molecule has 1 aromatic carbocycles. The number of furan rings is 1. The quantitative estimate of drug-likeness (QED) is 0.544. The van der Waals surface area contributed by atoms with Gasteiger partial charge in [-0.2, -0.15) is 5.10 Å². The number of hydrogen-bond acceptors (Lipinski definition) is 6. The molecule has 3 rings (SSSR count). The molecular formula is C16H14N4O5. The summed E-state index contributed by atoms with van der Waals surface area (Å²) in [4.78, 5) is 22.7. The number of nitro groups is 1. The molecule has 0 atom stereocenters. The zero-order chi connectivity index (χ0) is 17.8. The van der Waals surface area contributed by atoms with Crippen molar-refractivity contribution in [2.75, 3.05) is 12.4 Å². The van der Waals surface area contributed by atoms with E-state index in [1.54, 1.807) is 29.2 Å². The van der Waals surface area contributed by atoms with Crippen molar-refractivity contribution in [3.05, 3.63) is 70.4 Å². The van der Waals surface area contributed by atoms with Crippen molar-refractivity contribution in [2.45, 2.75) is 6.54 Å². The van der Waals surface area contributed by atoms with E-state index in [0.29, 0.717) is 12.3 Å². The minimum absolute atomic E-state index is 0.0904. The maximum Gasteiger partial charge on any atom is 0.291 e. The summed E-state index contributed by atoms with van der Waals surface area (Å²) in [5.74, 6) is 0.399. The second kappa shape index (κ2) is 6.87. The van der Waals surface area contributed by atoms with Crippen LogP contribution in [0.1, 0.15) is 16.3 Å². The van der Waals surface area contributed by atoms with Gasteiger partial charge >= 0.3 is 0 Å². The van der Waals surface area contributed by atoms with Crippen molar-refractivity contribution in [3.8, 4) is 5.75 Å². The summed E-state index contributed by atoms with van der Waals surface area (Å²) in [6.45, 7) is 0.394. The van der Waals surface area contributed by atoms with Gasteiger partial charge in [0.1, 0.15) is 11.5 Å². The SMILES string of the molecule is COc1cc(NC(=O)c2ccc(Cn3cccn3)o2)cc([N+](=O)[O-])c1. The van der Waals surface area contributed by atoms with E-state index in [-0.39, 0.29) is 22.9 Å². The molecule has 0 radical (unpaired) electrons. The number of hydrogen-bond donors (Lipinski definition) is 1. The lowest BCUT2D eigenvalue weighted by Gasteiger charge is -2.06. The molecule has 9 nitrogen and oxygen atoms in total. The Labute approximate surface area is 142 Å². The number of anilines is 1. The highest BCUT2D eigenvalue weighted by Crippen LogP contribution is 2.26. The van der Waals surface area contributed by atoms with E-state index in [1.807, 2.05) is 0 Å². The standard InChI is InChI=1S/C16H14N4O5/c1-24-14-8-11(7-12(9-14)20(22)23)18-16(21)15-4-3-13(25-15)10-19-6-2-5-17-19/h2-9H,10H2,1H3,(H,18,21). The fourth-order valence-corrected chi connectivity index (χ4v) is 2.21. The largest absolute Gasteiger partial charge is 0.496 e. The molecule has 0 fully saturated rings. The molecule has 0 saturated heterocycles. The van der Waals surface area contributed by atoms with Crippen LogP contribution >= 0.6 is 0 Å². The third-order valence-corrected chi connectivity index (χ3v) is 3.36. The van der Waals surface area contributed by atoms with Crippen LogP contribution in [-0.4, -0.2) is 27.7 Å². The first-order valence-corrected chi connectivity index (χ1v) is 7.26. The van der Waals surface area contributed by atoms with Crippen LogP contribution in [0.2, 0.25) is 0 Å². The van der Waals surface area contributed by atoms with E-state index >= 15 is 0 Å². The van der Waals surface area contributed by atoms with Crippen LogP contribution in [0, 0.1) is 10.1 Å². The number of ether oxygens (including phenoxy) is 1. The van der Waals surface area contributed by atoms with Crippen molar-refractivity contribution in [3.63, 3.8) is 0 Å². The zero-order valence-electron chi connectivity index (χ0n) is 13.2. The summed E-state index contributed by atoms with van der Waals surface area (Å²) in [6, 6.07) is 8.98. The lowest BCUT2D eigenvalue weighted by atomic mass is 10.2. The fourth-order valence-electron chi connectivity index (χ4n) is 2.21. The minimum Gasteiger partial charge on any atom is -0.496 e. The Balaban J connectivity index is 1.75. The summed E-state index contributed by atoms with van der Waals surface area (Å²) in [5, 5.41) is 17.6. The molecule has 25 heavy (non-hydrogen) atoms. The number of methoxy groups -OCH3 is 1. The van der Waals surface area contributed by atoms with E-state index in [0.717, 1.165) is 0 Å². The van der Waals surface area contributed by atoms with Crippen molar-refractivity contribution >= 4 is 17.3 Å². The smallest absolute Gasteiger partial charge is 0.291 e. The van der Waals surface area contributed by atoms with Gasteiger partial charge in [-0.1, -0.05) is 0 Å². The number of benzene rings is 1. The highest BCUT2D eigenvalue weighted by atomic mass is 16.6. The second-order valence-corrected chi connectivity index (χ2v) is 5.10. The molecule has 0 saturated carbocycles. The Kier molecular flexibility index (Phi) is 4.46. The van der Waals surface area contributed by atoms with Gasteiger partial charge in [0.05, 0.1) is 30.3 Å². The van der Waals surface area contributed by atoms with Gasteiger partial charge in [-0.15, -0.1) is 0 Å². The first kappa shape index (κ1) is 16.2. The molecule has 2 aromatic heterocycles. The Morgan fingerprint density at radius 1 is 1.40 bits per heavy atom. The number of non-ortho nitro benzene ring substituents is 1. The first-order valence-electron chi connectivity index (χ1n) is 7.26. The molecule has 0 aliphatic rings. The molecule has 0 spiro atoms. The average Bonchev–Trinajstić information content (AvgIpc) is 3.27. The normalized spacial score (nSPS) is 10.4. The summed E-state index contributed by atoms with van der Waals surface area (Å²) in [7, 11) is 1.39. The number of nitrogens with one attached hydrogen (secondary N) is 1. The van der Waals surface area contributed by atoms with Gasteiger partial charge in [0, 0.05) is 24.5 Å². The molecule has 0 aliphatic heterocycles. The number of carbonyl (C=O) groups is 1. The molecule has 1 amide bonds. The zero-order valence-corrected chi connectivity index (χ0v) is 13.2. The molecule has 2 heterocycles. The summed E-state index contributed by atoms with van der Waals surface area (Å²) in [5.41, 5.74) is 0.0505. The van der Waals surface area contributed by atoms with Gasteiger partial charge < -0.3 is 14.5 Å². The Morgan fingerprint density at radius 3 is 2.92 bits per heavy atom. The van der Waals surface area contributed by atoms with Gasteiger partial charge in [0.15, 0.2) is 5.76 Å². The van der Waals surface area contributed by atoms with Crippen LogP contribution < -0.4 is 10.1 Å². The summed E-state index contributed by atoms with van der Waals surface area (Å²) < 4.78 is 12.2. The van der Waals surface area contributed by atoms with Crippen molar-refractivity contribution in [2.24, 2.45) is 0 Å². The number of nitrogens with zero attached hydrogens (tertiary/aromatic N) is 3. The fraction of sp³-hybridized carbons (Fsp3) is 0.125. The number of rotatable bonds is 6. The average molecular weight is 342 g/mol. The maximum absolute atomic E-state index is 12.3. The van der Waals surface area contributed by atoms with Gasteiger partial charge in [-0.25, -0.2) is 0 Å². The molecule has 3 aromatic rings. The predicted octanol–water partition coefficient (Wildman–Crippen LogP) is 2.69. The summed E-state index contributed by atoms with van der Waals surface area (Å²) >= 11 is 0. The van der Waals surface area contributed by atoms with Gasteiger partial charge in [-0.3, -0.25) is 19.6 Å². The highest BCUT2D eigenvalue weighted by molar-refractivity contribution is 6.02. The number of carbonyl (C=O) groups excluding carboxylic acids is 1. The molecular weight excluding hydrogens is 328 g/mol. The maximum atomic E-state index is 12.3. The monoisotopic (exact) mass is 342 g/mol. The Hall–Kier alpha value is -3.62. The van der Waals surface area contributed by atoms with Gasteiger partial charge in [0.2, 0.25) is 0 Å². The Morgan fingerprint density at radius 2 is 2.24 bits per heavy atom. The Bertz CT molecular complexity index is 901. The third-order valence-electron chi connectivity index (χ3n) is 3.36.